The van der Waals surface area contributed by atoms with Crippen LogP contribution in [0.3, 0.4) is 0 Å². The van der Waals surface area contributed by atoms with E-state index in [1.807, 2.05) is 6.92 Å². The first-order valence-corrected chi connectivity index (χ1v) is 11.0. The lowest BCUT2D eigenvalue weighted by atomic mass is 9.67. The second-order valence-corrected chi connectivity index (χ2v) is 9.81. The van der Waals surface area contributed by atoms with Gasteiger partial charge in [-0.2, -0.15) is 13.2 Å². The van der Waals surface area contributed by atoms with Gasteiger partial charge in [-0.1, -0.05) is 11.6 Å². The Balaban J connectivity index is 1.39. The quantitative estimate of drug-likeness (QED) is 0.229. The summed E-state index contributed by atoms with van der Waals surface area (Å²) < 4.78 is 42.6. The van der Waals surface area contributed by atoms with Gasteiger partial charge in [0.05, 0.1) is 12.0 Å². The van der Waals surface area contributed by atoms with Gasteiger partial charge in [0.1, 0.15) is 0 Å². The third kappa shape index (κ3) is 5.89. The Morgan fingerprint density at radius 1 is 1.32 bits per heavy atom. The number of ether oxygens (including phenoxy) is 1. The van der Waals surface area contributed by atoms with Crippen molar-refractivity contribution >= 4 is 17.9 Å². The molecule has 2 fully saturated rings. The fourth-order valence-electron chi connectivity index (χ4n) is 5.05. The molecule has 0 aromatic carbocycles. The molecule has 0 aromatic heterocycles. The molecule has 0 radical (unpaired) electrons. The first-order valence-electron chi connectivity index (χ1n) is 10.2. The molecule has 0 spiro atoms. The first-order chi connectivity index (χ1) is 13.1. The number of carbonyl (C=O) groups is 1. The lowest BCUT2D eigenvalue weighted by molar-refractivity contribution is -0.154. The Kier molecular flexibility index (Phi) is 7.03. The molecule has 28 heavy (non-hydrogen) atoms. The molecule has 2 saturated carbocycles. The van der Waals surface area contributed by atoms with Crippen molar-refractivity contribution in [3.8, 4) is 0 Å². The van der Waals surface area contributed by atoms with Crippen LogP contribution in [0.25, 0.3) is 0 Å². The molecular formula is C20H29F3NO3S-. The molecule has 0 aromatic rings. The molecule has 2 atom stereocenters. The van der Waals surface area contributed by atoms with Crippen LogP contribution in [0, 0.1) is 22.5 Å². The second-order valence-electron chi connectivity index (χ2n) is 8.81. The summed E-state index contributed by atoms with van der Waals surface area (Å²) in [5.74, 6) is 0.731. The number of halogens is 3. The van der Waals surface area contributed by atoms with Gasteiger partial charge in [0.2, 0.25) is 0 Å². The van der Waals surface area contributed by atoms with Crippen molar-refractivity contribution in [2.24, 2.45) is 17.3 Å². The summed E-state index contributed by atoms with van der Waals surface area (Å²) in [6.45, 7) is 2.31. The van der Waals surface area contributed by atoms with Crippen molar-refractivity contribution in [3.63, 3.8) is 0 Å². The fourth-order valence-corrected chi connectivity index (χ4v) is 5.62. The molecule has 2 unspecified atom stereocenters. The predicted octanol–water partition coefficient (Wildman–Crippen LogP) is 5.97. The molecule has 3 aliphatic rings. The molecule has 4 nitrogen and oxygen atoms in total. The maximum absolute atomic E-state index is 12.6. The van der Waals surface area contributed by atoms with Gasteiger partial charge < -0.3 is 14.4 Å². The Hall–Kier alpha value is -0.730. The summed E-state index contributed by atoms with van der Waals surface area (Å²) in [4.78, 5) is 12.6. The Labute approximate surface area is 169 Å². The van der Waals surface area contributed by atoms with E-state index in [-0.39, 0.29) is 10.4 Å². The third-order valence-electron chi connectivity index (χ3n) is 6.43. The van der Waals surface area contributed by atoms with E-state index in [2.05, 4.69) is 6.08 Å². The molecule has 0 aliphatic heterocycles. The van der Waals surface area contributed by atoms with Gasteiger partial charge in [0, 0.05) is 18.0 Å². The highest BCUT2D eigenvalue weighted by molar-refractivity contribution is 7.97. The zero-order valence-electron chi connectivity index (χ0n) is 16.3. The summed E-state index contributed by atoms with van der Waals surface area (Å²) in [6, 6.07) is -0.586. The van der Waals surface area contributed by atoms with Gasteiger partial charge in [-0.3, -0.25) is 4.79 Å². The number of nitrogens with zero attached hydrogens (tertiary/aromatic N) is 1. The predicted molar refractivity (Wildman–Crippen MR) is 103 cm³/mol. The van der Waals surface area contributed by atoms with E-state index in [0.29, 0.717) is 50.5 Å². The highest BCUT2D eigenvalue weighted by Crippen LogP contribution is 2.45. The van der Waals surface area contributed by atoms with Crippen molar-refractivity contribution in [1.82, 2.24) is 4.47 Å². The van der Waals surface area contributed by atoms with Gasteiger partial charge in [-0.25, -0.2) is 0 Å². The summed E-state index contributed by atoms with van der Waals surface area (Å²) in [5.41, 5.74) is -3.66. The average molecular weight is 421 g/mol. The van der Waals surface area contributed by atoms with Crippen LogP contribution in [0.4, 0.5) is 13.2 Å². The van der Waals surface area contributed by atoms with E-state index in [9.17, 15) is 23.2 Å². The SMILES string of the molecule is CC1(C(=O)OCCC2CCC(N([O-])SC(F)(F)F)CC2)C=C2CCCC(C2)C1. The number of rotatable bonds is 6. The van der Waals surface area contributed by atoms with Crippen LogP contribution >= 0.6 is 11.9 Å². The molecule has 3 rings (SSSR count). The lowest BCUT2D eigenvalue weighted by Gasteiger charge is -2.40. The summed E-state index contributed by atoms with van der Waals surface area (Å²) in [7, 11) is 0. The lowest BCUT2D eigenvalue weighted by Crippen LogP contribution is -2.35. The number of fused-ring (bicyclic) bond motifs is 2. The minimum Gasteiger partial charge on any atom is -0.775 e. The summed E-state index contributed by atoms with van der Waals surface area (Å²) >= 11 is -0.589. The van der Waals surface area contributed by atoms with E-state index >= 15 is 0 Å². The number of hydrogen-bond acceptors (Lipinski definition) is 5. The molecule has 8 heteroatoms. The van der Waals surface area contributed by atoms with Gasteiger partial charge in [0.25, 0.3) is 0 Å². The van der Waals surface area contributed by atoms with Crippen molar-refractivity contribution in [1.29, 1.82) is 0 Å². The first kappa shape index (κ1) is 22.0. The third-order valence-corrected chi connectivity index (χ3v) is 7.12. The number of hydroxylamine groups is 1. The zero-order chi connectivity index (χ0) is 20.4. The van der Waals surface area contributed by atoms with Crippen molar-refractivity contribution in [2.45, 2.75) is 82.7 Å². The van der Waals surface area contributed by atoms with E-state index < -0.39 is 28.9 Å². The number of carbonyl (C=O) groups excluding carboxylic acids is 1. The van der Waals surface area contributed by atoms with Crippen molar-refractivity contribution in [2.75, 3.05) is 6.61 Å². The number of hydrogen-bond donors (Lipinski definition) is 0. The Bertz CT molecular complexity index is 590. The maximum atomic E-state index is 12.6. The van der Waals surface area contributed by atoms with Crippen molar-refractivity contribution < 1.29 is 22.7 Å². The number of alkyl halides is 3. The van der Waals surface area contributed by atoms with Gasteiger partial charge in [0.15, 0.2) is 0 Å². The average Bonchev–Trinajstić information content (AvgIpc) is 2.60. The van der Waals surface area contributed by atoms with E-state index in [1.165, 1.54) is 18.4 Å². The van der Waals surface area contributed by atoms with Crippen LogP contribution < -0.4 is 0 Å². The highest BCUT2D eigenvalue weighted by atomic mass is 32.2. The number of allylic oxidation sites excluding steroid dienone is 1. The molecule has 160 valence electrons. The van der Waals surface area contributed by atoms with E-state index in [4.69, 9.17) is 4.74 Å². The summed E-state index contributed by atoms with van der Waals surface area (Å²) in [5, 5.41) is 11.6. The largest absolute Gasteiger partial charge is 0.775 e. The van der Waals surface area contributed by atoms with E-state index in [1.54, 1.807) is 0 Å². The fraction of sp³-hybridized carbons (Fsp3) is 0.850. The minimum atomic E-state index is -4.53. The van der Waals surface area contributed by atoms with Crippen molar-refractivity contribution in [3.05, 3.63) is 16.9 Å². The normalized spacial score (nSPS) is 33.5. The smallest absolute Gasteiger partial charge is 0.455 e. The van der Waals surface area contributed by atoms with Crippen LogP contribution in [0.1, 0.15) is 71.1 Å². The zero-order valence-corrected chi connectivity index (χ0v) is 17.1. The van der Waals surface area contributed by atoms with E-state index in [0.717, 1.165) is 19.3 Å². The molecule has 0 heterocycles. The van der Waals surface area contributed by atoms with Gasteiger partial charge in [-0.05, 0) is 83.0 Å². The molecular weight excluding hydrogens is 391 g/mol. The molecule has 3 aliphatic carbocycles. The van der Waals surface area contributed by atoms with Crippen LogP contribution in [-0.2, 0) is 9.53 Å². The molecule has 0 amide bonds. The minimum absolute atomic E-state index is 0.102. The molecule has 0 N–H and O–H groups in total. The summed E-state index contributed by atoms with van der Waals surface area (Å²) in [6.07, 6.45) is 10.6. The van der Waals surface area contributed by atoms with Crippen LogP contribution in [0.2, 0.25) is 0 Å². The van der Waals surface area contributed by atoms with Crippen LogP contribution in [-0.4, -0.2) is 28.6 Å². The maximum Gasteiger partial charge on any atom is 0.455 e. The van der Waals surface area contributed by atoms with Gasteiger partial charge >= 0.3 is 11.5 Å². The van der Waals surface area contributed by atoms with Crippen LogP contribution in [0.5, 0.6) is 0 Å². The monoisotopic (exact) mass is 420 g/mol. The molecule has 2 bridgehead atoms. The topological polar surface area (TPSA) is 52.6 Å². The number of esters is 1. The Morgan fingerprint density at radius 3 is 2.68 bits per heavy atom. The molecule has 0 saturated heterocycles. The second kappa shape index (κ2) is 8.96. The standard InChI is InChI=1S/C20H29F3NO3S/c1-19(12-15-3-2-4-16(11-15)13-19)18(25)27-10-9-14-5-7-17(8-6-14)24(26)28-20(21,22)23/h12,14,16-17H,2-11,13H2,1H3/q-1. The van der Waals surface area contributed by atoms with Crippen LogP contribution in [0.15, 0.2) is 11.6 Å². The van der Waals surface area contributed by atoms with Gasteiger partial charge in [-0.15, -0.1) is 0 Å². The highest BCUT2D eigenvalue weighted by Gasteiger charge is 2.40. The Morgan fingerprint density at radius 2 is 2.04 bits per heavy atom.